The van der Waals surface area contributed by atoms with Gasteiger partial charge in [0.2, 0.25) is 0 Å². The molecule has 1 aliphatic carbocycles. The van der Waals surface area contributed by atoms with Crippen LogP contribution in [0, 0.1) is 32.1 Å². The van der Waals surface area contributed by atoms with Crippen LogP contribution in [0.25, 0.3) is 10.2 Å². The Morgan fingerprint density at radius 1 is 1.36 bits per heavy atom. The molecule has 114 valence electrons. The first kappa shape index (κ1) is 15.1. The Balaban J connectivity index is 2.13. The van der Waals surface area contributed by atoms with Gasteiger partial charge in [-0.25, -0.2) is 0 Å². The molecule has 3 rings (SSSR count). The number of rotatable bonds is 2. The zero-order valence-corrected chi connectivity index (χ0v) is 13.9. The Bertz CT molecular complexity index is 829. The topological polar surface area (TPSA) is 34.4 Å². The number of thiazole rings is 1. The molecule has 1 aliphatic rings. The maximum Gasteiger partial charge on any atom is 0.251 e. The second-order valence-electron chi connectivity index (χ2n) is 6.01. The number of carbonyl (C=O) groups is 1. The van der Waals surface area contributed by atoms with Crippen LogP contribution in [0.3, 0.4) is 0 Å². The third kappa shape index (κ3) is 2.74. The van der Waals surface area contributed by atoms with Crippen molar-refractivity contribution in [3.8, 4) is 12.3 Å². The van der Waals surface area contributed by atoms with Crippen molar-refractivity contribution in [3.63, 3.8) is 0 Å². The summed E-state index contributed by atoms with van der Waals surface area (Å²) in [5.41, 5.74) is 3.55. The molecule has 1 amide bonds. The fraction of sp³-hybridized carbons (Fsp3) is 0.444. The standard InChI is InChI=1S/C18H20N2OS/c1-4-9-20-15-10-12(2)13(3)11-16(15)22-18(20)19-17(21)14-7-5-6-8-14/h1,10-11,14H,5-9H2,2-3H3. The molecular weight excluding hydrogens is 292 g/mol. The average molecular weight is 312 g/mol. The zero-order chi connectivity index (χ0) is 15.7. The number of hydrogen-bond acceptors (Lipinski definition) is 2. The van der Waals surface area contributed by atoms with Gasteiger partial charge in [0.05, 0.1) is 16.8 Å². The molecule has 0 radical (unpaired) electrons. The van der Waals surface area contributed by atoms with Crippen molar-refractivity contribution >= 4 is 27.5 Å². The summed E-state index contributed by atoms with van der Waals surface area (Å²) < 4.78 is 3.12. The maximum atomic E-state index is 12.4. The van der Waals surface area contributed by atoms with Gasteiger partial charge in [-0.05, 0) is 49.9 Å². The molecule has 22 heavy (non-hydrogen) atoms. The van der Waals surface area contributed by atoms with Crippen molar-refractivity contribution in [2.75, 3.05) is 0 Å². The smallest absolute Gasteiger partial charge is 0.251 e. The molecule has 0 atom stereocenters. The number of nitrogens with zero attached hydrogens (tertiary/aromatic N) is 2. The summed E-state index contributed by atoms with van der Waals surface area (Å²) >= 11 is 1.55. The molecule has 4 heteroatoms. The van der Waals surface area contributed by atoms with E-state index in [1.54, 1.807) is 11.3 Å². The molecule has 1 heterocycles. The van der Waals surface area contributed by atoms with Crippen LogP contribution in [0.4, 0.5) is 0 Å². The van der Waals surface area contributed by atoms with Gasteiger partial charge in [-0.3, -0.25) is 4.79 Å². The Morgan fingerprint density at radius 2 is 2.05 bits per heavy atom. The molecule has 0 N–H and O–H groups in total. The highest BCUT2D eigenvalue weighted by atomic mass is 32.1. The molecule has 0 saturated heterocycles. The minimum atomic E-state index is 0.0169. The number of amides is 1. The first-order valence-electron chi connectivity index (χ1n) is 7.73. The summed E-state index contributed by atoms with van der Waals surface area (Å²) in [6.45, 7) is 4.63. The third-order valence-electron chi connectivity index (χ3n) is 4.46. The highest BCUT2D eigenvalue weighted by Crippen LogP contribution is 2.26. The predicted octanol–water partition coefficient (Wildman–Crippen LogP) is 3.57. The molecule has 3 nitrogen and oxygen atoms in total. The maximum absolute atomic E-state index is 12.4. The molecule has 0 bridgehead atoms. The number of carbonyl (C=O) groups excluding carboxylic acids is 1. The van der Waals surface area contributed by atoms with Crippen molar-refractivity contribution in [1.82, 2.24) is 4.57 Å². The molecule has 1 fully saturated rings. The second kappa shape index (κ2) is 6.10. The lowest BCUT2D eigenvalue weighted by molar-refractivity contribution is -0.121. The highest BCUT2D eigenvalue weighted by Gasteiger charge is 2.22. The molecule has 0 unspecified atom stereocenters. The molecule has 1 saturated carbocycles. The minimum absolute atomic E-state index is 0.0169. The minimum Gasteiger partial charge on any atom is -0.305 e. The first-order chi connectivity index (χ1) is 10.6. The number of aryl methyl sites for hydroxylation is 2. The van der Waals surface area contributed by atoms with E-state index in [-0.39, 0.29) is 11.8 Å². The van der Waals surface area contributed by atoms with Crippen LogP contribution in [0.2, 0.25) is 0 Å². The van der Waals surface area contributed by atoms with Crippen LogP contribution >= 0.6 is 11.3 Å². The van der Waals surface area contributed by atoms with Gasteiger partial charge >= 0.3 is 0 Å². The van der Waals surface area contributed by atoms with Gasteiger partial charge in [0, 0.05) is 5.92 Å². The largest absolute Gasteiger partial charge is 0.305 e. The predicted molar refractivity (Wildman–Crippen MR) is 90.7 cm³/mol. The number of aromatic nitrogens is 1. The van der Waals surface area contributed by atoms with E-state index in [0.29, 0.717) is 6.54 Å². The van der Waals surface area contributed by atoms with E-state index in [4.69, 9.17) is 6.42 Å². The van der Waals surface area contributed by atoms with Crippen molar-refractivity contribution < 1.29 is 4.79 Å². The Kier molecular flexibility index (Phi) is 4.17. The second-order valence-corrected chi connectivity index (χ2v) is 7.02. The summed E-state index contributed by atoms with van der Waals surface area (Å²) in [4.78, 5) is 17.5. The Hall–Kier alpha value is -1.86. The summed E-state index contributed by atoms with van der Waals surface area (Å²) in [6.07, 6.45) is 9.73. The lowest BCUT2D eigenvalue weighted by Gasteiger charge is -2.04. The molecule has 2 aromatic rings. The monoisotopic (exact) mass is 312 g/mol. The van der Waals surface area contributed by atoms with Crippen LogP contribution in [-0.4, -0.2) is 10.5 Å². The van der Waals surface area contributed by atoms with E-state index in [1.165, 1.54) is 11.1 Å². The number of hydrogen-bond donors (Lipinski definition) is 0. The number of benzene rings is 1. The summed E-state index contributed by atoms with van der Waals surface area (Å²) in [5, 5.41) is 0. The van der Waals surface area contributed by atoms with Crippen LogP contribution in [0.1, 0.15) is 36.8 Å². The van der Waals surface area contributed by atoms with Crippen LogP contribution in [0.15, 0.2) is 17.1 Å². The summed E-state index contributed by atoms with van der Waals surface area (Å²) in [5.74, 6) is 2.80. The zero-order valence-electron chi connectivity index (χ0n) is 13.1. The summed E-state index contributed by atoms with van der Waals surface area (Å²) in [7, 11) is 0. The molecular formula is C18H20N2OS. The number of fused-ring (bicyclic) bond motifs is 1. The van der Waals surface area contributed by atoms with Gasteiger partial charge in [-0.1, -0.05) is 30.1 Å². The van der Waals surface area contributed by atoms with E-state index in [0.717, 1.165) is 40.7 Å². The van der Waals surface area contributed by atoms with Crippen molar-refractivity contribution in [2.45, 2.75) is 46.1 Å². The van der Waals surface area contributed by atoms with Crippen LogP contribution < -0.4 is 4.80 Å². The van der Waals surface area contributed by atoms with Crippen LogP contribution in [0.5, 0.6) is 0 Å². The molecule has 1 aromatic carbocycles. The van der Waals surface area contributed by atoms with E-state index in [2.05, 4.69) is 36.9 Å². The molecule has 1 aromatic heterocycles. The third-order valence-corrected chi connectivity index (χ3v) is 5.50. The fourth-order valence-electron chi connectivity index (χ4n) is 3.01. The lowest BCUT2D eigenvalue weighted by atomic mass is 10.1. The molecule has 0 spiro atoms. The molecule has 0 aliphatic heterocycles. The normalized spacial score (nSPS) is 16.3. The van der Waals surface area contributed by atoms with Gasteiger partial charge in [0.15, 0.2) is 4.80 Å². The average Bonchev–Trinajstić information content (AvgIpc) is 3.11. The number of terminal acetylenes is 1. The fourth-order valence-corrected chi connectivity index (χ4v) is 4.12. The SMILES string of the molecule is C#CCn1c(=NC(=O)C2CCCC2)sc2cc(C)c(C)cc21. The highest BCUT2D eigenvalue weighted by molar-refractivity contribution is 7.16. The van der Waals surface area contributed by atoms with Gasteiger partial charge in [0.25, 0.3) is 5.91 Å². The van der Waals surface area contributed by atoms with Crippen molar-refractivity contribution in [2.24, 2.45) is 10.9 Å². The Morgan fingerprint density at radius 3 is 2.73 bits per heavy atom. The Labute approximate surface area is 134 Å². The van der Waals surface area contributed by atoms with Crippen LogP contribution in [-0.2, 0) is 11.3 Å². The van der Waals surface area contributed by atoms with E-state index in [1.807, 2.05) is 4.57 Å². The van der Waals surface area contributed by atoms with E-state index < -0.39 is 0 Å². The first-order valence-corrected chi connectivity index (χ1v) is 8.54. The summed E-state index contributed by atoms with van der Waals surface area (Å²) in [6, 6.07) is 4.29. The van der Waals surface area contributed by atoms with E-state index >= 15 is 0 Å². The van der Waals surface area contributed by atoms with Crippen molar-refractivity contribution in [3.05, 3.63) is 28.1 Å². The van der Waals surface area contributed by atoms with E-state index in [9.17, 15) is 4.79 Å². The quantitative estimate of drug-likeness (QED) is 0.781. The van der Waals surface area contributed by atoms with Gasteiger partial charge in [0.1, 0.15) is 0 Å². The van der Waals surface area contributed by atoms with Gasteiger partial charge in [-0.15, -0.1) is 6.42 Å². The van der Waals surface area contributed by atoms with Crippen molar-refractivity contribution in [1.29, 1.82) is 0 Å². The lowest BCUT2D eigenvalue weighted by Crippen LogP contribution is -2.19. The van der Waals surface area contributed by atoms with Gasteiger partial charge in [-0.2, -0.15) is 4.99 Å². The van der Waals surface area contributed by atoms with Gasteiger partial charge < -0.3 is 4.57 Å².